The summed E-state index contributed by atoms with van der Waals surface area (Å²) >= 11 is 0. The molecule has 1 fully saturated rings. The van der Waals surface area contributed by atoms with E-state index in [-0.39, 0.29) is 0 Å². The average Bonchev–Trinajstić information content (AvgIpc) is 2.54. The minimum atomic E-state index is -1.04. The number of carboxylic acid groups (broad SMARTS) is 1. The Hall–Kier alpha value is -1.06. The third-order valence-corrected chi connectivity index (χ3v) is 2.61. The lowest BCUT2D eigenvalue weighted by Gasteiger charge is -2.16. The highest BCUT2D eigenvalue weighted by molar-refractivity contribution is 5.76. The Labute approximate surface area is 83.2 Å². The Bertz CT molecular complexity index is 218. The van der Waals surface area contributed by atoms with Crippen molar-refractivity contribution in [2.24, 2.45) is 5.92 Å². The van der Waals surface area contributed by atoms with Crippen LogP contribution in [0.15, 0.2) is 0 Å². The number of aliphatic carboxylic acids is 1. The molecule has 0 unspecified atom stereocenters. The maximum atomic E-state index is 10.7. The van der Waals surface area contributed by atoms with E-state index in [1.807, 2.05) is 0 Å². The zero-order valence-electron chi connectivity index (χ0n) is 8.36. The van der Waals surface area contributed by atoms with Crippen LogP contribution in [0, 0.1) is 5.92 Å². The van der Waals surface area contributed by atoms with Gasteiger partial charge >= 0.3 is 11.9 Å². The van der Waals surface area contributed by atoms with Crippen molar-refractivity contribution in [1.82, 2.24) is 0 Å². The summed E-state index contributed by atoms with van der Waals surface area (Å²) in [5, 5.41) is 8.81. The summed E-state index contributed by atoms with van der Waals surface area (Å²) in [4.78, 5) is 21.4. The van der Waals surface area contributed by atoms with E-state index >= 15 is 0 Å². The van der Waals surface area contributed by atoms with Gasteiger partial charge in [-0.15, -0.1) is 0 Å². The highest BCUT2D eigenvalue weighted by atomic mass is 16.6. The van der Waals surface area contributed by atoms with Gasteiger partial charge in [0.15, 0.2) is 6.10 Å². The van der Waals surface area contributed by atoms with Gasteiger partial charge in [0, 0.05) is 6.92 Å². The standard InChI is InChI=1S/C10H16O4/c1-7(11)14-9(10(12)13)6-8-4-2-3-5-8/h8-9H,2-6H2,1H3,(H,12,13)/t9-/m0/s1. The predicted octanol–water partition coefficient (Wildman–Crippen LogP) is 1.58. The predicted molar refractivity (Wildman–Crippen MR) is 49.8 cm³/mol. The van der Waals surface area contributed by atoms with Crippen LogP contribution in [0.1, 0.15) is 39.0 Å². The summed E-state index contributed by atoms with van der Waals surface area (Å²) in [7, 11) is 0. The quantitative estimate of drug-likeness (QED) is 0.700. The van der Waals surface area contributed by atoms with E-state index in [0.29, 0.717) is 12.3 Å². The Morgan fingerprint density at radius 2 is 2.00 bits per heavy atom. The molecule has 1 N–H and O–H groups in total. The molecule has 0 aromatic rings. The zero-order valence-corrected chi connectivity index (χ0v) is 8.36. The first kappa shape index (κ1) is 11.0. The number of carbonyl (C=O) groups excluding carboxylic acids is 1. The van der Waals surface area contributed by atoms with Crippen LogP contribution >= 0.6 is 0 Å². The van der Waals surface area contributed by atoms with Crippen molar-refractivity contribution in [3.63, 3.8) is 0 Å². The van der Waals surface area contributed by atoms with Crippen LogP contribution in [0.3, 0.4) is 0 Å². The second-order valence-electron chi connectivity index (χ2n) is 3.82. The van der Waals surface area contributed by atoms with E-state index in [0.717, 1.165) is 25.7 Å². The van der Waals surface area contributed by atoms with Crippen LogP contribution in [0.5, 0.6) is 0 Å². The number of carbonyl (C=O) groups is 2. The Balaban J connectivity index is 2.41. The topological polar surface area (TPSA) is 63.6 Å². The maximum absolute atomic E-state index is 10.7. The van der Waals surface area contributed by atoms with E-state index in [4.69, 9.17) is 9.84 Å². The van der Waals surface area contributed by atoms with Crippen LogP contribution < -0.4 is 0 Å². The molecule has 1 rings (SSSR count). The second kappa shape index (κ2) is 4.98. The number of esters is 1. The average molecular weight is 200 g/mol. The van der Waals surface area contributed by atoms with Gasteiger partial charge in [-0.05, 0) is 12.3 Å². The summed E-state index contributed by atoms with van der Waals surface area (Å²) in [6.45, 7) is 1.24. The van der Waals surface area contributed by atoms with Crippen LogP contribution in [-0.2, 0) is 14.3 Å². The van der Waals surface area contributed by atoms with E-state index in [1.165, 1.54) is 6.92 Å². The number of carboxylic acids is 1. The normalized spacial score (nSPS) is 19.2. The van der Waals surface area contributed by atoms with Crippen molar-refractivity contribution in [3.8, 4) is 0 Å². The number of ether oxygens (including phenoxy) is 1. The molecule has 0 bridgehead atoms. The Kier molecular flexibility index (Phi) is 3.92. The molecule has 4 nitrogen and oxygen atoms in total. The molecule has 14 heavy (non-hydrogen) atoms. The highest BCUT2D eigenvalue weighted by Gasteiger charge is 2.26. The van der Waals surface area contributed by atoms with Crippen molar-refractivity contribution in [2.75, 3.05) is 0 Å². The fraction of sp³-hybridized carbons (Fsp3) is 0.800. The molecule has 0 aromatic heterocycles. The van der Waals surface area contributed by atoms with Crippen LogP contribution in [-0.4, -0.2) is 23.1 Å². The van der Waals surface area contributed by atoms with Crippen molar-refractivity contribution < 1.29 is 19.4 Å². The molecule has 1 atom stereocenters. The molecule has 0 aliphatic heterocycles. The van der Waals surface area contributed by atoms with Crippen molar-refractivity contribution in [2.45, 2.75) is 45.1 Å². The summed E-state index contributed by atoms with van der Waals surface area (Å²) in [5.41, 5.74) is 0. The number of rotatable bonds is 4. The van der Waals surface area contributed by atoms with Crippen LogP contribution in [0.25, 0.3) is 0 Å². The van der Waals surface area contributed by atoms with Crippen molar-refractivity contribution >= 4 is 11.9 Å². The summed E-state index contributed by atoms with van der Waals surface area (Å²) in [5.74, 6) is -1.14. The van der Waals surface area contributed by atoms with Crippen molar-refractivity contribution in [1.29, 1.82) is 0 Å². The largest absolute Gasteiger partial charge is 0.479 e. The van der Waals surface area contributed by atoms with Gasteiger partial charge < -0.3 is 9.84 Å². The van der Waals surface area contributed by atoms with Gasteiger partial charge in [-0.25, -0.2) is 4.79 Å². The monoisotopic (exact) mass is 200 g/mol. The van der Waals surface area contributed by atoms with Gasteiger partial charge in [-0.1, -0.05) is 25.7 Å². The smallest absolute Gasteiger partial charge is 0.345 e. The molecule has 0 radical (unpaired) electrons. The fourth-order valence-corrected chi connectivity index (χ4v) is 1.95. The molecule has 1 saturated carbocycles. The first-order valence-electron chi connectivity index (χ1n) is 4.99. The number of hydrogen-bond donors (Lipinski definition) is 1. The molecule has 0 aromatic carbocycles. The summed E-state index contributed by atoms with van der Waals surface area (Å²) in [6.07, 6.45) is 3.97. The van der Waals surface area contributed by atoms with Crippen LogP contribution in [0.2, 0.25) is 0 Å². The summed E-state index contributed by atoms with van der Waals surface area (Å²) in [6, 6.07) is 0. The molecule has 0 amide bonds. The van der Waals surface area contributed by atoms with Gasteiger partial charge in [-0.2, -0.15) is 0 Å². The Morgan fingerprint density at radius 3 is 2.43 bits per heavy atom. The lowest BCUT2D eigenvalue weighted by molar-refractivity contribution is -0.163. The molecule has 1 aliphatic rings. The van der Waals surface area contributed by atoms with E-state index in [1.54, 1.807) is 0 Å². The zero-order chi connectivity index (χ0) is 10.6. The molecule has 4 heteroatoms. The minimum absolute atomic E-state index is 0.412. The SMILES string of the molecule is CC(=O)O[C@@H](CC1CCCC1)C(=O)O. The highest BCUT2D eigenvalue weighted by Crippen LogP contribution is 2.29. The molecule has 1 aliphatic carbocycles. The molecule has 0 spiro atoms. The Morgan fingerprint density at radius 1 is 1.43 bits per heavy atom. The maximum Gasteiger partial charge on any atom is 0.345 e. The number of hydrogen-bond acceptors (Lipinski definition) is 3. The molecular formula is C10H16O4. The van der Waals surface area contributed by atoms with Crippen molar-refractivity contribution in [3.05, 3.63) is 0 Å². The first-order chi connectivity index (χ1) is 6.59. The van der Waals surface area contributed by atoms with E-state index in [9.17, 15) is 9.59 Å². The second-order valence-corrected chi connectivity index (χ2v) is 3.82. The third-order valence-electron chi connectivity index (χ3n) is 2.61. The first-order valence-corrected chi connectivity index (χ1v) is 4.99. The summed E-state index contributed by atoms with van der Waals surface area (Å²) < 4.78 is 4.74. The van der Waals surface area contributed by atoms with E-state index < -0.39 is 18.0 Å². The minimum Gasteiger partial charge on any atom is -0.479 e. The molecular weight excluding hydrogens is 184 g/mol. The van der Waals surface area contributed by atoms with Gasteiger partial charge in [0.2, 0.25) is 0 Å². The lowest BCUT2D eigenvalue weighted by Crippen LogP contribution is -2.28. The van der Waals surface area contributed by atoms with Gasteiger partial charge in [0.25, 0.3) is 0 Å². The molecule has 0 saturated heterocycles. The molecule has 80 valence electrons. The van der Waals surface area contributed by atoms with Gasteiger partial charge in [0.05, 0.1) is 0 Å². The lowest BCUT2D eigenvalue weighted by atomic mass is 10.00. The van der Waals surface area contributed by atoms with Gasteiger partial charge in [0.1, 0.15) is 0 Å². The third kappa shape index (κ3) is 3.36. The molecule has 0 heterocycles. The van der Waals surface area contributed by atoms with Crippen LogP contribution in [0.4, 0.5) is 0 Å². The van der Waals surface area contributed by atoms with Gasteiger partial charge in [-0.3, -0.25) is 4.79 Å². The van der Waals surface area contributed by atoms with E-state index in [2.05, 4.69) is 0 Å². The fourth-order valence-electron chi connectivity index (χ4n) is 1.95.